The molecule has 0 aromatic heterocycles. The van der Waals surface area contributed by atoms with Crippen LogP contribution in [-0.4, -0.2) is 31.2 Å². The first-order valence-electron chi connectivity index (χ1n) is 9.74. The molecule has 0 saturated carbocycles. The normalized spacial score (nSPS) is 15.5. The van der Waals surface area contributed by atoms with Crippen LogP contribution in [-0.2, 0) is 11.0 Å². The molecule has 0 spiro atoms. The van der Waals surface area contributed by atoms with Gasteiger partial charge in [0, 0.05) is 31.4 Å². The lowest BCUT2D eigenvalue weighted by Gasteiger charge is -2.17. The molecule has 2 aromatic rings. The second kappa shape index (κ2) is 9.72. The third-order valence-corrected chi connectivity index (χ3v) is 4.71. The first-order valence-corrected chi connectivity index (χ1v) is 9.74. The Morgan fingerprint density at radius 1 is 1.12 bits per heavy atom. The molecule has 3 N–H and O–H groups in total. The molecule has 11 heteroatoms. The molecule has 0 saturated heterocycles. The standard InChI is InChI=1S/C22H20F4N4O3/c1-12-3-4-13(9-16(12)22(24,25)26)29-21(32)30-18-6-5-14(10-17(18)23)33-15-7-8-28-19(11-15)20(31)27-2/h3-10,19H,11H2,1-2H3,(H,27,31)(H2,29,30,32). The fraction of sp³-hybridized carbons (Fsp3) is 0.227. The fourth-order valence-corrected chi connectivity index (χ4v) is 3.05. The van der Waals surface area contributed by atoms with Gasteiger partial charge in [0.15, 0.2) is 0 Å². The molecule has 1 aliphatic rings. The number of benzene rings is 2. The number of carbonyl (C=O) groups is 2. The van der Waals surface area contributed by atoms with Gasteiger partial charge in [-0.25, -0.2) is 9.18 Å². The van der Waals surface area contributed by atoms with E-state index in [9.17, 15) is 27.2 Å². The van der Waals surface area contributed by atoms with Gasteiger partial charge in [-0.05, 0) is 42.8 Å². The summed E-state index contributed by atoms with van der Waals surface area (Å²) in [6.45, 7) is 1.31. The molecule has 7 nitrogen and oxygen atoms in total. The van der Waals surface area contributed by atoms with Crippen molar-refractivity contribution >= 4 is 29.5 Å². The van der Waals surface area contributed by atoms with Crippen molar-refractivity contribution in [2.75, 3.05) is 17.7 Å². The average Bonchev–Trinajstić information content (AvgIpc) is 2.76. The van der Waals surface area contributed by atoms with E-state index in [1.54, 1.807) is 6.08 Å². The Bertz CT molecular complexity index is 1130. The van der Waals surface area contributed by atoms with Gasteiger partial charge in [-0.2, -0.15) is 13.2 Å². The Morgan fingerprint density at radius 3 is 2.55 bits per heavy atom. The van der Waals surface area contributed by atoms with E-state index in [2.05, 4.69) is 20.9 Å². The maximum absolute atomic E-state index is 14.5. The predicted octanol–water partition coefficient (Wildman–Crippen LogP) is 4.65. The van der Waals surface area contributed by atoms with Crippen LogP contribution >= 0.6 is 0 Å². The Hall–Kier alpha value is -3.89. The maximum Gasteiger partial charge on any atom is 0.416 e. The van der Waals surface area contributed by atoms with Gasteiger partial charge in [0.25, 0.3) is 0 Å². The van der Waals surface area contributed by atoms with Gasteiger partial charge in [0.05, 0.1) is 11.3 Å². The van der Waals surface area contributed by atoms with E-state index in [1.165, 1.54) is 44.5 Å². The Morgan fingerprint density at radius 2 is 1.88 bits per heavy atom. The first-order chi connectivity index (χ1) is 15.6. The van der Waals surface area contributed by atoms with E-state index >= 15 is 0 Å². The number of aryl methyl sites for hydroxylation is 1. The molecule has 0 aliphatic carbocycles. The molecule has 3 rings (SSSR count). The number of ether oxygens (including phenoxy) is 1. The molecule has 1 unspecified atom stereocenters. The Balaban J connectivity index is 1.64. The number of aliphatic imine (C=N–C) groups is 1. The monoisotopic (exact) mass is 464 g/mol. The van der Waals surface area contributed by atoms with Crippen LogP contribution in [0.3, 0.4) is 0 Å². The van der Waals surface area contributed by atoms with Gasteiger partial charge < -0.3 is 20.7 Å². The van der Waals surface area contributed by atoms with Crippen LogP contribution < -0.4 is 20.7 Å². The number of anilines is 2. The number of carbonyl (C=O) groups excluding carboxylic acids is 2. The maximum atomic E-state index is 14.5. The number of nitrogens with zero attached hydrogens (tertiary/aromatic N) is 1. The third kappa shape index (κ3) is 6.09. The van der Waals surface area contributed by atoms with Gasteiger partial charge in [0.1, 0.15) is 23.4 Å². The van der Waals surface area contributed by atoms with Crippen LogP contribution in [0.4, 0.5) is 33.7 Å². The number of allylic oxidation sites excluding steroid dienone is 1. The van der Waals surface area contributed by atoms with Crippen LogP contribution in [0.1, 0.15) is 17.5 Å². The number of rotatable bonds is 5. The van der Waals surface area contributed by atoms with Crippen molar-refractivity contribution < 1.29 is 31.9 Å². The number of hydrogen-bond acceptors (Lipinski definition) is 4. The summed E-state index contributed by atoms with van der Waals surface area (Å²) in [5.74, 6) is -0.580. The van der Waals surface area contributed by atoms with Crippen molar-refractivity contribution in [2.24, 2.45) is 4.99 Å². The molecule has 33 heavy (non-hydrogen) atoms. The van der Waals surface area contributed by atoms with Gasteiger partial charge >= 0.3 is 12.2 Å². The topological polar surface area (TPSA) is 91.8 Å². The fourth-order valence-electron chi connectivity index (χ4n) is 3.05. The zero-order chi connectivity index (χ0) is 24.2. The number of urea groups is 1. The van der Waals surface area contributed by atoms with E-state index in [0.717, 1.165) is 12.1 Å². The summed E-state index contributed by atoms with van der Waals surface area (Å²) in [5, 5.41) is 6.98. The lowest BCUT2D eigenvalue weighted by atomic mass is 10.1. The first kappa shape index (κ1) is 23.8. The second-order valence-electron chi connectivity index (χ2n) is 7.12. The molecule has 0 fully saturated rings. The number of amides is 3. The molecule has 0 bridgehead atoms. The van der Waals surface area contributed by atoms with Crippen molar-refractivity contribution in [1.29, 1.82) is 0 Å². The highest BCUT2D eigenvalue weighted by atomic mass is 19.4. The number of alkyl halides is 3. The summed E-state index contributed by atoms with van der Waals surface area (Å²) in [7, 11) is 1.49. The highest BCUT2D eigenvalue weighted by Gasteiger charge is 2.32. The molecular weight excluding hydrogens is 444 g/mol. The molecule has 3 amide bonds. The van der Waals surface area contributed by atoms with E-state index in [-0.39, 0.29) is 35.0 Å². The number of nitrogens with one attached hydrogen (secondary N) is 3. The molecule has 0 radical (unpaired) electrons. The van der Waals surface area contributed by atoms with Gasteiger partial charge in [-0.1, -0.05) is 6.07 Å². The van der Waals surface area contributed by atoms with Gasteiger partial charge in [-0.3, -0.25) is 9.79 Å². The largest absolute Gasteiger partial charge is 0.461 e. The van der Waals surface area contributed by atoms with Gasteiger partial charge in [-0.15, -0.1) is 0 Å². The quantitative estimate of drug-likeness (QED) is 0.563. The lowest BCUT2D eigenvalue weighted by molar-refractivity contribution is -0.138. The SMILES string of the molecule is CNC(=O)C1CC(Oc2ccc(NC(=O)Nc3ccc(C)c(C(F)(F)F)c3)c(F)c2)=CC=N1. The zero-order valence-electron chi connectivity index (χ0n) is 17.6. The minimum absolute atomic E-state index is 0.0103. The summed E-state index contributed by atoms with van der Waals surface area (Å²) >= 11 is 0. The average molecular weight is 464 g/mol. The number of likely N-dealkylation sites (N-methyl/N-ethyl adjacent to an activating group) is 1. The Labute approximate surface area is 186 Å². The van der Waals surface area contributed by atoms with Gasteiger partial charge in [0.2, 0.25) is 5.91 Å². The van der Waals surface area contributed by atoms with Crippen LogP contribution in [0.2, 0.25) is 0 Å². The summed E-state index contributed by atoms with van der Waals surface area (Å²) < 4.78 is 59.1. The van der Waals surface area contributed by atoms with Crippen molar-refractivity contribution in [1.82, 2.24) is 5.32 Å². The summed E-state index contributed by atoms with van der Waals surface area (Å²) in [4.78, 5) is 27.9. The highest BCUT2D eigenvalue weighted by Crippen LogP contribution is 2.33. The third-order valence-electron chi connectivity index (χ3n) is 4.71. The zero-order valence-corrected chi connectivity index (χ0v) is 17.6. The highest BCUT2D eigenvalue weighted by molar-refractivity contribution is 6.00. The summed E-state index contributed by atoms with van der Waals surface area (Å²) in [5.41, 5.74) is -1.17. The number of hydrogen-bond donors (Lipinski definition) is 3. The van der Waals surface area contributed by atoms with Crippen molar-refractivity contribution in [3.63, 3.8) is 0 Å². The van der Waals surface area contributed by atoms with E-state index in [0.29, 0.717) is 5.76 Å². The van der Waals surface area contributed by atoms with Crippen LogP contribution in [0.5, 0.6) is 5.75 Å². The molecule has 1 atom stereocenters. The smallest absolute Gasteiger partial charge is 0.416 e. The molecule has 174 valence electrons. The van der Waals surface area contributed by atoms with Crippen molar-refractivity contribution in [3.8, 4) is 5.75 Å². The molecule has 1 aliphatic heterocycles. The van der Waals surface area contributed by atoms with Crippen molar-refractivity contribution in [3.05, 3.63) is 65.2 Å². The van der Waals surface area contributed by atoms with Crippen LogP contribution in [0.25, 0.3) is 0 Å². The Kier molecular flexibility index (Phi) is 7.00. The summed E-state index contributed by atoms with van der Waals surface area (Å²) in [6.07, 6.45) is -1.41. The van der Waals surface area contributed by atoms with Crippen LogP contribution in [0.15, 0.2) is 53.2 Å². The minimum Gasteiger partial charge on any atom is -0.461 e. The minimum atomic E-state index is -4.57. The van der Waals surface area contributed by atoms with E-state index in [4.69, 9.17) is 4.74 Å². The van der Waals surface area contributed by atoms with Crippen LogP contribution in [0, 0.1) is 12.7 Å². The van der Waals surface area contributed by atoms with E-state index < -0.39 is 29.6 Å². The molecule has 2 aromatic carbocycles. The predicted molar refractivity (Wildman–Crippen MR) is 115 cm³/mol. The van der Waals surface area contributed by atoms with E-state index in [1.807, 2.05) is 0 Å². The second-order valence-corrected chi connectivity index (χ2v) is 7.12. The van der Waals surface area contributed by atoms with Crippen molar-refractivity contribution in [2.45, 2.75) is 25.6 Å². The lowest BCUT2D eigenvalue weighted by Crippen LogP contribution is -2.32. The number of dihydropyridines is 1. The summed E-state index contributed by atoms with van der Waals surface area (Å²) in [6, 6.07) is 5.44. The molecule has 1 heterocycles. The number of halogens is 4. The molecular formula is C22H20F4N4O3.